The van der Waals surface area contributed by atoms with E-state index in [4.69, 9.17) is 5.73 Å². The molecule has 0 aromatic heterocycles. The van der Waals surface area contributed by atoms with Crippen molar-refractivity contribution in [2.45, 2.75) is 0 Å². The van der Waals surface area contributed by atoms with Gasteiger partial charge in [-0.05, 0) is 12.1 Å². The maximum atomic E-state index is 11.0. The fourth-order valence-corrected chi connectivity index (χ4v) is 0.900. The summed E-state index contributed by atoms with van der Waals surface area (Å²) < 4.78 is 4.34. The van der Waals surface area contributed by atoms with Crippen LogP contribution in [0.25, 0.3) is 0 Å². The van der Waals surface area contributed by atoms with E-state index in [0.29, 0.717) is 0 Å². The SMILES string of the molecule is COC(=O)c1c(O)ccc(N)c1O. The van der Waals surface area contributed by atoms with Crippen molar-refractivity contribution in [3.05, 3.63) is 17.7 Å². The predicted octanol–water partition coefficient (Wildman–Crippen LogP) is 0.467. The van der Waals surface area contributed by atoms with E-state index in [1.807, 2.05) is 0 Å². The van der Waals surface area contributed by atoms with Gasteiger partial charge in [0.05, 0.1) is 12.8 Å². The van der Waals surface area contributed by atoms with Crippen LogP contribution in [-0.2, 0) is 4.74 Å². The molecular formula is C8H9NO4. The van der Waals surface area contributed by atoms with Gasteiger partial charge in [-0.25, -0.2) is 4.79 Å². The number of anilines is 1. The van der Waals surface area contributed by atoms with Gasteiger partial charge < -0.3 is 20.7 Å². The third-order valence-corrected chi connectivity index (χ3v) is 1.58. The highest BCUT2D eigenvalue weighted by Crippen LogP contribution is 2.32. The number of benzene rings is 1. The van der Waals surface area contributed by atoms with Crippen LogP contribution in [0.15, 0.2) is 12.1 Å². The minimum absolute atomic E-state index is 0.0122. The van der Waals surface area contributed by atoms with Gasteiger partial charge in [-0.15, -0.1) is 0 Å². The van der Waals surface area contributed by atoms with Crippen LogP contribution in [-0.4, -0.2) is 23.3 Å². The Balaban J connectivity index is 3.33. The summed E-state index contributed by atoms with van der Waals surface area (Å²) in [6.07, 6.45) is 0. The van der Waals surface area contributed by atoms with Crippen LogP contribution < -0.4 is 5.73 Å². The molecule has 0 spiro atoms. The summed E-state index contributed by atoms with van der Waals surface area (Å²) in [6, 6.07) is 2.50. The third kappa shape index (κ3) is 1.48. The first-order chi connectivity index (χ1) is 6.07. The standard InChI is InChI=1S/C8H9NO4/c1-13-8(12)6-5(10)3-2-4(9)7(6)11/h2-3,10-11H,9H2,1H3. The van der Waals surface area contributed by atoms with Crippen molar-refractivity contribution < 1.29 is 19.7 Å². The normalized spacial score (nSPS) is 9.62. The largest absolute Gasteiger partial charge is 0.507 e. The summed E-state index contributed by atoms with van der Waals surface area (Å²) in [4.78, 5) is 11.0. The molecule has 0 saturated heterocycles. The van der Waals surface area contributed by atoms with E-state index in [2.05, 4.69) is 4.74 Å². The lowest BCUT2D eigenvalue weighted by molar-refractivity contribution is 0.0594. The summed E-state index contributed by atoms with van der Waals surface area (Å²) >= 11 is 0. The number of esters is 1. The molecule has 0 aliphatic rings. The number of carbonyl (C=O) groups excluding carboxylic acids is 1. The van der Waals surface area contributed by atoms with Crippen LogP contribution in [0.5, 0.6) is 11.5 Å². The maximum absolute atomic E-state index is 11.0. The Labute approximate surface area is 74.4 Å². The van der Waals surface area contributed by atoms with Gasteiger partial charge in [0.2, 0.25) is 0 Å². The number of phenols is 2. The number of methoxy groups -OCH3 is 1. The van der Waals surface area contributed by atoms with E-state index in [-0.39, 0.29) is 17.0 Å². The minimum Gasteiger partial charge on any atom is -0.507 e. The van der Waals surface area contributed by atoms with Gasteiger partial charge in [0.25, 0.3) is 0 Å². The van der Waals surface area contributed by atoms with Crippen molar-refractivity contribution in [2.24, 2.45) is 0 Å². The molecule has 0 atom stereocenters. The van der Waals surface area contributed by atoms with Crippen molar-refractivity contribution in [3.8, 4) is 11.5 Å². The number of ether oxygens (including phenoxy) is 1. The first-order valence-electron chi connectivity index (χ1n) is 3.46. The number of phenolic OH excluding ortho intramolecular Hbond substituents is 2. The van der Waals surface area contributed by atoms with E-state index in [1.54, 1.807) is 0 Å². The van der Waals surface area contributed by atoms with Crippen molar-refractivity contribution in [1.82, 2.24) is 0 Å². The van der Waals surface area contributed by atoms with Gasteiger partial charge >= 0.3 is 5.97 Å². The summed E-state index contributed by atoms with van der Waals surface area (Å²) in [6.45, 7) is 0. The molecule has 0 aliphatic carbocycles. The molecule has 0 heterocycles. The van der Waals surface area contributed by atoms with Gasteiger partial charge in [0.1, 0.15) is 11.3 Å². The van der Waals surface area contributed by atoms with Crippen LogP contribution in [0.3, 0.4) is 0 Å². The minimum atomic E-state index is -0.831. The summed E-state index contributed by atoms with van der Waals surface area (Å²) in [5.74, 6) is -1.66. The second kappa shape index (κ2) is 3.22. The number of carbonyl (C=O) groups is 1. The average molecular weight is 183 g/mol. The van der Waals surface area contributed by atoms with Crippen LogP contribution >= 0.6 is 0 Å². The average Bonchev–Trinajstić information content (AvgIpc) is 2.12. The Hall–Kier alpha value is -1.91. The Morgan fingerprint density at radius 3 is 2.62 bits per heavy atom. The molecule has 0 unspecified atom stereocenters. The Morgan fingerprint density at radius 2 is 2.08 bits per heavy atom. The van der Waals surface area contributed by atoms with Gasteiger partial charge in [-0.1, -0.05) is 0 Å². The van der Waals surface area contributed by atoms with Crippen molar-refractivity contribution in [2.75, 3.05) is 12.8 Å². The third-order valence-electron chi connectivity index (χ3n) is 1.58. The number of rotatable bonds is 1. The highest BCUT2D eigenvalue weighted by molar-refractivity contribution is 5.97. The summed E-state index contributed by atoms with van der Waals surface area (Å²) in [5.41, 5.74) is 5.01. The molecular weight excluding hydrogens is 174 g/mol. The second-order valence-electron chi connectivity index (χ2n) is 2.39. The molecule has 0 amide bonds. The van der Waals surface area contributed by atoms with Gasteiger partial charge in [0, 0.05) is 0 Å². The Morgan fingerprint density at radius 1 is 1.46 bits per heavy atom. The molecule has 70 valence electrons. The van der Waals surface area contributed by atoms with Crippen LogP contribution in [0.1, 0.15) is 10.4 Å². The molecule has 4 N–H and O–H groups in total. The fourth-order valence-electron chi connectivity index (χ4n) is 0.900. The van der Waals surface area contributed by atoms with Crippen LogP contribution in [0.4, 0.5) is 5.69 Å². The lowest BCUT2D eigenvalue weighted by atomic mass is 10.1. The summed E-state index contributed by atoms with van der Waals surface area (Å²) in [5, 5.41) is 18.5. The lowest BCUT2D eigenvalue weighted by Crippen LogP contribution is -2.03. The molecule has 0 aliphatic heterocycles. The summed E-state index contributed by atoms with van der Waals surface area (Å²) in [7, 11) is 1.14. The first-order valence-corrected chi connectivity index (χ1v) is 3.46. The topological polar surface area (TPSA) is 92.8 Å². The molecule has 13 heavy (non-hydrogen) atoms. The van der Waals surface area contributed by atoms with Crippen LogP contribution in [0.2, 0.25) is 0 Å². The smallest absolute Gasteiger partial charge is 0.345 e. The molecule has 0 bridgehead atoms. The van der Waals surface area contributed by atoms with E-state index in [1.165, 1.54) is 12.1 Å². The van der Waals surface area contributed by atoms with E-state index < -0.39 is 11.7 Å². The van der Waals surface area contributed by atoms with Gasteiger partial charge in [-0.2, -0.15) is 0 Å². The first kappa shape index (κ1) is 9.18. The number of nitrogens with two attached hydrogens (primary N) is 1. The number of hydrogen-bond donors (Lipinski definition) is 3. The highest BCUT2D eigenvalue weighted by atomic mass is 16.5. The number of hydrogen-bond acceptors (Lipinski definition) is 5. The van der Waals surface area contributed by atoms with Crippen molar-refractivity contribution in [3.63, 3.8) is 0 Å². The molecule has 0 fully saturated rings. The maximum Gasteiger partial charge on any atom is 0.345 e. The van der Waals surface area contributed by atoms with E-state index in [0.717, 1.165) is 7.11 Å². The fraction of sp³-hybridized carbons (Fsp3) is 0.125. The van der Waals surface area contributed by atoms with E-state index >= 15 is 0 Å². The van der Waals surface area contributed by atoms with Gasteiger partial charge in [0.15, 0.2) is 5.75 Å². The molecule has 5 heteroatoms. The predicted molar refractivity (Wildman–Crippen MR) is 45.5 cm³/mol. The van der Waals surface area contributed by atoms with Crippen LogP contribution in [0, 0.1) is 0 Å². The number of nitrogen functional groups attached to an aromatic ring is 1. The monoisotopic (exact) mass is 183 g/mol. The lowest BCUT2D eigenvalue weighted by Gasteiger charge is -2.06. The number of aromatic hydroxyl groups is 2. The molecule has 1 aromatic rings. The zero-order valence-electron chi connectivity index (χ0n) is 6.94. The molecule has 5 nitrogen and oxygen atoms in total. The zero-order chi connectivity index (χ0) is 10.0. The second-order valence-corrected chi connectivity index (χ2v) is 2.39. The highest BCUT2D eigenvalue weighted by Gasteiger charge is 2.18. The molecule has 0 saturated carbocycles. The molecule has 1 rings (SSSR count). The van der Waals surface area contributed by atoms with Gasteiger partial charge in [-0.3, -0.25) is 0 Å². The molecule has 1 aromatic carbocycles. The van der Waals surface area contributed by atoms with Crippen molar-refractivity contribution >= 4 is 11.7 Å². The zero-order valence-corrected chi connectivity index (χ0v) is 6.94. The molecule has 0 radical (unpaired) electrons. The van der Waals surface area contributed by atoms with Crippen molar-refractivity contribution in [1.29, 1.82) is 0 Å². The Bertz CT molecular complexity index is 348. The Kier molecular flexibility index (Phi) is 2.27. The quantitative estimate of drug-likeness (QED) is 0.254. The van der Waals surface area contributed by atoms with E-state index in [9.17, 15) is 15.0 Å².